The molecule has 2 aromatic rings. The number of benzene rings is 2. The topological polar surface area (TPSA) is 38.3 Å². The lowest BCUT2D eigenvalue weighted by Crippen LogP contribution is -2.20. The molecule has 0 aliphatic heterocycles. The quantitative estimate of drug-likeness (QED) is 0.802. The number of hydrogen-bond acceptors (Lipinski definition) is 2. The third kappa shape index (κ3) is 4.59. The van der Waals surface area contributed by atoms with E-state index < -0.39 is 0 Å². The molecule has 2 rings (SSSR count). The van der Waals surface area contributed by atoms with Crippen LogP contribution in [0.1, 0.15) is 0 Å². The molecule has 0 heterocycles. The largest absolute Gasteiger partial charge is 0.481 e. The van der Waals surface area contributed by atoms with Gasteiger partial charge in [0.05, 0.1) is 9.50 Å². The fourth-order valence-corrected chi connectivity index (χ4v) is 2.90. The molecule has 0 aliphatic carbocycles. The summed E-state index contributed by atoms with van der Waals surface area (Å²) < 4.78 is 18.7. The normalized spacial score (nSPS) is 10.3. The predicted molar refractivity (Wildman–Crippen MR) is 84.7 cm³/mol. The molecule has 0 radical (unpaired) electrons. The molecule has 0 saturated heterocycles. The molecule has 0 aliphatic rings. The standard InChI is InChI=1S/C14H9BrCl2FNO2/c15-11-5-8(16)6-12(17)14(11)21-7-13(20)19-10-3-1-9(18)2-4-10/h1-6H,7H2,(H,19,20). The van der Waals surface area contributed by atoms with E-state index in [1.165, 1.54) is 30.3 Å². The molecule has 1 amide bonds. The molecule has 7 heteroatoms. The Hall–Kier alpha value is -1.30. The summed E-state index contributed by atoms with van der Waals surface area (Å²) >= 11 is 15.1. The molecule has 0 unspecified atom stereocenters. The van der Waals surface area contributed by atoms with E-state index >= 15 is 0 Å². The zero-order valence-corrected chi connectivity index (χ0v) is 13.6. The zero-order valence-electron chi connectivity index (χ0n) is 10.5. The van der Waals surface area contributed by atoms with Crippen LogP contribution < -0.4 is 10.1 Å². The van der Waals surface area contributed by atoms with Crippen molar-refractivity contribution < 1.29 is 13.9 Å². The van der Waals surface area contributed by atoms with Crippen LogP contribution in [0.5, 0.6) is 5.75 Å². The van der Waals surface area contributed by atoms with Gasteiger partial charge in [-0.3, -0.25) is 4.79 Å². The molecule has 0 fully saturated rings. The number of carbonyl (C=O) groups excluding carboxylic acids is 1. The second kappa shape index (κ2) is 7.11. The highest BCUT2D eigenvalue weighted by atomic mass is 79.9. The van der Waals surface area contributed by atoms with Crippen LogP contribution in [0.15, 0.2) is 40.9 Å². The van der Waals surface area contributed by atoms with Gasteiger partial charge in [-0.1, -0.05) is 23.2 Å². The number of amides is 1. The molecular weight excluding hydrogens is 384 g/mol. The molecule has 1 N–H and O–H groups in total. The molecule has 0 saturated carbocycles. The summed E-state index contributed by atoms with van der Waals surface area (Å²) in [6.07, 6.45) is 0. The van der Waals surface area contributed by atoms with Crippen molar-refractivity contribution in [2.45, 2.75) is 0 Å². The van der Waals surface area contributed by atoms with E-state index in [4.69, 9.17) is 27.9 Å². The van der Waals surface area contributed by atoms with E-state index in [1.54, 1.807) is 6.07 Å². The van der Waals surface area contributed by atoms with Gasteiger partial charge in [0.15, 0.2) is 12.4 Å². The minimum atomic E-state index is -0.389. The van der Waals surface area contributed by atoms with E-state index in [2.05, 4.69) is 21.2 Å². The summed E-state index contributed by atoms with van der Waals surface area (Å²) in [7, 11) is 0. The van der Waals surface area contributed by atoms with Crippen molar-refractivity contribution in [3.8, 4) is 5.75 Å². The van der Waals surface area contributed by atoms with Crippen LogP contribution in [-0.2, 0) is 4.79 Å². The molecule has 0 aromatic heterocycles. The third-order valence-electron chi connectivity index (χ3n) is 2.44. The first-order valence-electron chi connectivity index (χ1n) is 5.78. The maximum Gasteiger partial charge on any atom is 0.262 e. The molecule has 3 nitrogen and oxygen atoms in total. The minimum absolute atomic E-state index is 0.239. The van der Waals surface area contributed by atoms with Crippen molar-refractivity contribution >= 4 is 50.7 Å². The highest BCUT2D eigenvalue weighted by Gasteiger charge is 2.11. The SMILES string of the molecule is O=C(COc1c(Cl)cc(Cl)cc1Br)Nc1ccc(F)cc1. The van der Waals surface area contributed by atoms with Crippen LogP contribution in [0.2, 0.25) is 10.0 Å². The molecule has 2 aromatic carbocycles. The van der Waals surface area contributed by atoms with Crippen molar-refractivity contribution in [3.63, 3.8) is 0 Å². The number of ether oxygens (including phenoxy) is 1. The highest BCUT2D eigenvalue weighted by molar-refractivity contribution is 9.10. The first-order chi connectivity index (χ1) is 9.95. The van der Waals surface area contributed by atoms with Gasteiger partial charge >= 0.3 is 0 Å². The van der Waals surface area contributed by atoms with Gasteiger partial charge in [-0.25, -0.2) is 4.39 Å². The number of nitrogens with one attached hydrogen (secondary N) is 1. The van der Waals surface area contributed by atoms with Gasteiger partial charge in [-0.2, -0.15) is 0 Å². The van der Waals surface area contributed by atoms with Gasteiger partial charge in [-0.05, 0) is 52.3 Å². The molecule has 21 heavy (non-hydrogen) atoms. The number of hydrogen-bond donors (Lipinski definition) is 1. The van der Waals surface area contributed by atoms with E-state index in [9.17, 15) is 9.18 Å². The van der Waals surface area contributed by atoms with Crippen molar-refractivity contribution in [2.24, 2.45) is 0 Å². The summed E-state index contributed by atoms with van der Waals surface area (Å²) in [5, 5.41) is 3.32. The second-order valence-corrected chi connectivity index (χ2v) is 5.74. The fourth-order valence-electron chi connectivity index (χ4n) is 1.53. The average molecular weight is 393 g/mol. The monoisotopic (exact) mass is 391 g/mol. The summed E-state index contributed by atoms with van der Waals surface area (Å²) in [6.45, 7) is -0.239. The highest BCUT2D eigenvalue weighted by Crippen LogP contribution is 2.35. The average Bonchev–Trinajstić information content (AvgIpc) is 2.40. The lowest BCUT2D eigenvalue weighted by atomic mass is 10.3. The van der Waals surface area contributed by atoms with Gasteiger partial charge in [-0.15, -0.1) is 0 Å². The third-order valence-corrected chi connectivity index (χ3v) is 3.53. The Balaban J connectivity index is 1.97. The maximum absolute atomic E-state index is 12.7. The minimum Gasteiger partial charge on any atom is -0.481 e. The molecule has 0 bridgehead atoms. The van der Waals surface area contributed by atoms with Crippen molar-refractivity contribution in [1.29, 1.82) is 0 Å². The molecule has 110 valence electrons. The Morgan fingerprint density at radius 1 is 1.24 bits per heavy atom. The van der Waals surface area contributed by atoms with E-state index in [1.807, 2.05) is 0 Å². The molecular formula is C14H9BrCl2FNO2. The summed E-state index contributed by atoms with van der Waals surface area (Å²) in [4.78, 5) is 11.7. The predicted octanol–water partition coefficient (Wildman–Crippen LogP) is 4.91. The Labute approximate surface area is 139 Å². The number of halogens is 4. The van der Waals surface area contributed by atoms with Crippen LogP contribution in [-0.4, -0.2) is 12.5 Å². The zero-order chi connectivity index (χ0) is 15.4. The second-order valence-electron chi connectivity index (χ2n) is 4.04. The Morgan fingerprint density at radius 3 is 2.52 bits per heavy atom. The summed E-state index contributed by atoms with van der Waals surface area (Å²) in [5.74, 6) is -0.434. The number of carbonyl (C=O) groups is 1. The van der Waals surface area contributed by atoms with Gasteiger partial charge in [0.1, 0.15) is 5.82 Å². The lowest BCUT2D eigenvalue weighted by molar-refractivity contribution is -0.118. The van der Waals surface area contributed by atoms with Gasteiger partial charge < -0.3 is 10.1 Å². The van der Waals surface area contributed by atoms with E-state index in [-0.39, 0.29) is 18.3 Å². The number of rotatable bonds is 4. The van der Waals surface area contributed by atoms with Crippen LogP contribution in [0.3, 0.4) is 0 Å². The first kappa shape index (κ1) is 16.1. The van der Waals surface area contributed by atoms with Crippen molar-refractivity contribution in [1.82, 2.24) is 0 Å². The first-order valence-corrected chi connectivity index (χ1v) is 7.33. The van der Waals surface area contributed by atoms with Crippen molar-refractivity contribution in [2.75, 3.05) is 11.9 Å². The van der Waals surface area contributed by atoms with E-state index in [0.717, 1.165) is 0 Å². The fraction of sp³-hybridized carbons (Fsp3) is 0.0714. The van der Waals surface area contributed by atoms with Gasteiger partial charge in [0, 0.05) is 10.7 Å². The van der Waals surface area contributed by atoms with Gasteiger partial charge in [0.25, 0.3) is 5.91 Å². The van der Waals surface area contributed by atoms with Crippen LogP contribution in [0, 0.1) is 5.82 Å². The van der Waals surface area contributed by atoms with Crippen molar-refractivity contribution in [3.05, 3.63) is 56.7 Å². The Morgan fingerprint density at radius 2 is 1.90 bits per heavy atom. The molecule has 0 atom stereocenters. The molecule has 0 spiro atoms. The smallest absolute Gasteiger partial charge is 0.262 e. The van der Waals surface area contributed by atoms with Crippen LogP contribution >= 0.6 is 39.1 Å². The number of anilines is 1. The van der Waals surface area contributed by atoms with E-state index in [0.29, 0.717) is 26.0 Å². The Bertz CT molecular complexity index is 642. The Kier molecular flexibility index (Phi) is 5.45. The van der Waals surface area contributed by atoms with Gasteiger partial charge in [0.2, 0.25) is 0 Å². The van der Waals surface area contributed by atoms with Crippen LogP contribution in [0.25, 0.3) is 0 Å². The maximum atomic E-state index is 12.7. The van der Waals surface area contributed by atoms with Crippen LogP contribution in [0.4, 0.5) is 10.1 Å². The summed E-state index contributed by atoms with van der Waals surface area (Å²) in [5.41, 5.74) is 0.478. The summed E-state index contributed by atoms with van der Waals surface area (Å²) in [6, 6.07) is 8.55. The lowest BCUT2D eigenvalue weighted by Gasteiger charge is -2.11.